The van der Waals surface area contributed by atoms with Crippen molar-refractivity contribution in [3.63, 3.8) is 0 Å². The van der Waals surface area contributed by atoms with Crippen molar-refractivity contribution >= 4 is 21.8 Å². The first kappa shape index (κ1) is 16.1. The number of nitrogens with one attached hydrogen (secondary N) is 1. The second kappa shape index (κ2) is 7.23. The number of halogens is 1. The smallest absolute Gasteiger partial charge is 0.272 e. The van der Waals surface area contributed by atoms with Gasteiger partial charge in [-0.05, 0) is 35.9 Å². The highest BCUT2D eigenvalue weighted by Gasteiger charge is 2.10. The summed E-state index contributed by atoms with van der Waals surface area (Å²) in [6, 6.07) is 19.4. The van der Waals surface area contributed by atoms with Gasteiger partial charge >= 0.3 is 0 Å². The average molecular weight is 384 g/mol. The molecule has 2 aromatic carbocycles. The zero-order valence-corrected chi connectivity index (χ0v) is 14.2. The number of benzene rings is 2. The maximum atomic E-state index is 12.3. The number of carbonyl (C=O) groups excluding carboxylic acids is 1. The number of aromatic nitrogens is 2. The normalized spacial score (nSPS) is 10.4. The van der Waals surface area contributed by atoms with Crippen LogP contribution < -0.4 is 10.9 Å². The highest BCUT2D eigenvalue weighted by molar-refractivity contribution is 9.10. The molecule has 0 aliphatic carbocycles. The van der Waals surface area contributed by atoms with E-state index >= 15 is 0 Å². The summed E-state index contributed by atoms with van der Waals surface area (Å²) in [4.78, 5) is 24.3. The summed E-state index contributed by atoms with van der Waals surface area (Å²) in [5.74, 6) is -0.331. The SMILES string of the molecule is O=C(NCc1ccc(Br)cc1)c1ccc(=O)n(-c2ccccc2)n1. The topological polar surface area (TPSA) is 64.0 Å². The largest absolute Gasteiger partial charge is 0.347 e. The van der Waals surface area contributed by atoms with Crippen molar-refractivity contribution in [1.29, 1.82) is 0 Å². The average Bonchev–Trinajstić information content (AvgIpc) is 2.62. The molecule has 0 fully saturated rings. The summed E-state index contributed by atoms with van der Waals surface area (Å²) in [6.07, 6.45) is 0. The molecule has 5 nitrogen and oxygen atoms in total. The van der Waals surface area contributed by atoms with Crippen molar-refractivity contribution in [3.8, 4) is 5.69 Å². The maximum absolute atomic E-state index is 12.3. The molecule has 3 rings (SSSR count). The van der Waals surface area contributed by atoms with Crippen LogP contribution in [0.25, 0.3) is 5.69 Å². The monoisotopic (exact) mass is 383 g/mol. The summed E-state index contributed by atoms with van der Waals surface area (Å²) >= 11 is 3.37. The molecule has 0 saturated heterocycles. The van der Waals surface area contributed by atoms with Crippen LogP contribution >= 0.6 is 15.9 Å². The van der Waals surface area contributed by atoms with Crippen LogP contribution in [0.5, 0.6) is 0 Å². The van der Waals surface area contributed by atoms with Gasteiger partial charge < -0.3 is 5.32 Å². The number of rotatable bonds is 4. The van der Waals surface area contributed by atoms with E-state index in [1.807, 2.05) is 42.5 Å². The first-order valence-electron chi connectivity index (χ1n) is 7.32. The molecule has 3 aromatic rings. The van der Waals surface area contributed by atoms with E-state index in [1.54, 1.807) is 12.1 Å². The number of amides is 1. The van der Waals surface area contributed by atoms with Crippen molar-refractivity contribution in [2.45, 2.75) is 6.54 Å². The van der Waals surface area contributed by atoms with Gasteiger partial charge in [-0.3, -0.25) is 9.59 Å². The predicted octanol–water partition coefficient (Wildman–Crippen LogP) is 2.93. The van der Waals surface area contributed by atoms with Crippen LogP contribution in [0.15, 0.2) is 76.0 Å². The second-order valence-electron chi connectivity index (χ2n) is 5.11. The number of hydrogen-bond acceptors (Lipinski definition) is 3. The van der Waals surface area contributed by atoms with Crippen LogP contribution in [0.2, 0.25) is 0 Å². The summed E-state index contributed by atoms with van der Waals surface area (Å²) in [7, 11) is 0. The minimum absolute atomic E-state index is 0.190. The third-order valence-electron chi connectivity index (χ3n) is 3.40. The molecular weight excluding hydrogens is 370 g/mol. The Bertz CT molecular complexity index is 906. The van der Waals surface area contributed by atoms with Gasteiger partial charge in [-0.2, -0.15) is 9.78 Å². The highest BCUT2D eigenvalue weighted by Crippen LogP contribution is 2.10. The zero-order chi connectivity index (χ0) is 16.9. The molecule has 6 heteroatoms. The van der Waals surface area contributed by atoms with E-state index in [0.717, 1.165) is 10.0 Å². The van der Waals surface area contributed by atoms with E-state index in [9.17, 15) is 9.59 Å². The van der Waals surface area contributed by atoms with Gasteiger partial charge in [-0.25, -0.2) is 0 Å². The summed E-state index contributed by atoms with van der Waals surface area (Å²) in [5.41, 5.74) is 1.49. The van der Waals surface area contributed by atoms with Crippen molar-refractivity contribution < 1.29 is 4.79 Å². The maximum Gasteiger partial charge on any atom is 0.272 e. The molecule has 0 aliphatic rings. The Morgan fingerprint density at radius 2 is 1.71 bits per heavy atom. The van der Waals surface area contributed by atoms with Crippen LogP contribution in [-0.2, 0) is 6.54 Å². The number of para-hydroxylation sites is 1. The third-order valence-corrected chi connectivity index (χ3v) is 3.93. The molecule has 1 N–H and O–H groups in total. The van der Waals surface area contributed by atoms with Crippen LogP contribution in [0.3, 0.4) is 0 Å². The molecule has 0 radical (unpaired) electrons. The molecule has 1 aromatic heterocycles. The van der Waals surface area contributed by atoms with Gasteiger partial charge in [0, 0.05) is 17.1 Å². The van der Waals surface area contributed by atoms with Crippen molar-refractivity contribution in [2.24, 2.45) is 0 Å². The van der Waals surface area contributed by atoms with E-state index in [0.29, 0.717) is 12.2 Å². The number of nitrogens with zero attached hydrogens (tertiary/aromatic N) is 2. The number of carbonyl (C=O) groups is 1. The minimum atomic E-state index is -0.331. The van der Waals surface area contributed by atoms with Gasteiger partial charge in [0.15, 0.2) is 0 Å². The van der Waals surface area contributed by atoms with Gasteiger partial charge in [-0.15, -0.1) is 0 Å². The summed E-state index contributed by atoms with van der Waals surface area (Å²) < 4.78 is 2.20. The van der Waals surface area contributed by atoms with Crippen molar-refractivity contribution in [1.82, 2.24) is 15.1 Å². The third kappa shape index (κ3) is 3.78. The molecule has 24 heavy (non-hydrogen) atoms. The second-order valence-corrected chi connectivity index (χ2v) is 6.03. The first-order valence-corrected chi connectivity index (χ1v) is 8.11. The Kier molecular flexibility index (Phi) is 4.86. The molecule has 0 aliphatic heterocycles. The van der Waals surface area contributed by atoms with E-state index in [4.69, 9.17) is 0 Å². The molecule has 0 bridgehead atoms. The lowest BCUT2D eigenvalue weighted by atomic mass is 10.2. The quantitative estimate of drug-likeness (QED) is 0.753. The Balaban J connectivity index is 1.78. The highest BCUT2D eigenvalue weighted by atomic mass is 79.9. The Morgan fingerprint density at radius 3 is 2.42 bits per heavy atom. The van der Waals surface area contributed by atoms with E-state index < -0.39 is 0 Å². The van der Waals surface area contributed by atoms with E-state index in [1.165, 1.54) is 16.8 Å². The van der Waals surface area contributed by atoms with Gasteiger partial charge in [0.1, 0.15) is 5.69 Å². The van der Waals surface area contributed by atoms with Crippen LogP contribution in [0.4, 0.5) is 0 Å². The number of hydrogen-bond donors (Lipinski definition) is 1. The molecule has 0 spiro atoms. The Morgan fingerprint density at radius 1 is 1.00 bits per heavy atom. The Labute approximate surface area is 147 Å². The van der Waals surface area contributed by atoms with Crippen LogP contribution in [0.1, 0.15) is 16.1 Å². The van der Waals surface area contributed by atoms with Gasteiger partial charge in [-0.1, -0.05) is 46.3 Å². The van der Waals surface area contributed by atoms with E-state index in [-0.39, 0.29) is 17.2 Å². The standard InChI is InChI=1S/C18H14BrN3O2/c19-14-8-6-13(7-9-14)12-20-18(24)16-10-11-17(23)22(21-16)15-4-2-1-3-5-15/h1-11H,12H2,(H,20,24). The lowest BCUT2D eigenvalue weighted by molar-refractivity contribution is 0.0944. The molecule has 0 unspecified atom stereocenters. The van der Waals surface area contributed by atoms with Crippen molar-refractivity contribution in [3.05, 3.63) is 92.8 Å². The van der Waals surface area contributed by atoms with Crippen molar-refractivity contribution in [2.75, 3.05) is 0 Å². The predicted molar refractivity (Wildman–Crippen MR) is 95.1 cm³/mol. The fraction of sp³-hybridized carbons (Fsp3) is 0.0556. The molecule has 1 heterocycles. The first-order chi connectivity index (χ1) is 11.6. The molecule has 0 saturated carbocycles. The molecular formula is C18H14BrN3O2. The van der Waals surface area contributed by atoms with Gasteiger partial charge in [0.2, 0.25) is 0 Å². The summed E-state index contributed by atoms with van der Waals surface area (Å²) in [6.45, 7) is 0.387. The van der Waals surface area contributed by atoms with E-state index in [2.05, 4.69) is 26.3 Å². The van der Waals surface area contributed by atoms with Gasteiger partial charge in [0.05, 0.1) is 5.69 Å². The summed E-state index contributed by atoms with van der Waals surface area (Å²) in [5, 5.41) is 6.95. The minimum Gasteiger partial charge on any atom is -0.347 e. The van der Waals surface area contributed by atoms with Crippen LogP contribution in [0, 0.1) is 0 Å². The fourth-order valence-corrected chi connectivity index (χ4v) is 2.43. The molecule has 0 atom stereocenters. The zero-order valence-electron chi connectivity index (χ0n) is 12.6. The lowest BCUT2D eigenvalue weighted by Gasteiger charge is -2.08. The fourth-order valence-electron chi connectivity index (χ4n) is 2.16. The lowest BCUT2D eigenvalue weighted by Crippen LogP contribution is -2.28. The molecule has 1 amide bonds. The molecule has 120 valence electrons. The van der Waals surface area contributed by atoms with Crippen LogP contribution in [-0.4, -0.2) is 15.7 Å². The van der Waals surface area contributed by atoms with Gasteiger partial charge in [0.25, 0.3) is 11.5 Å². The Hall–Kier alpha value is -2.73.